The van der Waals surface area contributed by atoms with E-state index < -0.39 is 12.1 Å². The SMILES string of the molecule is CCCCCCCCC/C=C\CCCCCCCCCC(=O)OCCCCCCCCCCCCCCCCCCC(=O)NC(CO)C(O)CCCCCCCCCCCCCCC. The molecular formula is C58H113NO5. The zero-order valence-corrected chi connectivity index (χ0v) is 43.3. The fourth-order valence-electron chi connectivity index (χ4n) is 9.11. The van der Waals surface area contributed by atoms with E-state index in [2.05, 4.69) is 31.3 Å². The number of carbonyl (C=O) groups excluding carboxylic acids is 2. The molecule has 0 fully saturated rings. The van der Waals surface area contributed by atoms with Crippen molar-refractivity contribution in [3.63, 3.8) is 0 Å². The largest absolute Gasteiger partial charge is 0.466 e. The lowest BCUT2D eigenvalue weighted by molar-refractivity contribution is -0.143. The van der Waals surface area contributed by atoms with Gasteiger partial charge in [0.1, 0.15) is 0 Å². The van der Waals surface area contributed by atoms with Crippen molar-refractivity contribution in [2.75, 3.05) is 13.2 Å². The lowest BCUT2D eigenvalue weighted by atomic mass is 10.0. The van der Waals surface area contributed by atoms with Crippen LogP contribution in [0, 0.1) is 0 Å². The normalized spacial score (nSPS) is 12.6. The molecular weight excluding hydrogens is 791 g/mol. The molecule has 0 spiro atoms. The average molecular weight is 905 g/mol. The number of hydrogen-bond donors (Lipinski definition) is 3. The second kappa shape index (κ2) is 54.2. The third-order valence-corrected chi connectivity index (χ3v) is 13.6. The van der Waals surface area contributed by atoms with Crippen LogP contribution < -0.4 is 5.32 Å². The fourth-order valence-corrected chi connectivity index (χ4v) is 9.11. The highest BCUT2D eigenvalue weighted by atomic mass is 16.5. The van der Waals surface area contributed by atoms with E-state index in [1.165, 1.54) is 244 Å². The van der Waals surface area contributed by atoms with Crippen molar-refractivity contribution in [3.05, 3.63) is 12.2 Å². The van der Waals surface area contributed by atoms with E-state index in [1.807, 2.05) is 0 Å². The van der Waals surface area contributed by atoms with Crippen LogP contribution in [0.4, 0.5) is 0 Å². The van der Waals surface area contributed by atoms with Crippen LogP contribution in [0.3, 0.4) is 0 Å². The summed E-state index contributed by atoms with van der Waals surface area (Å²) in [7, 11) is 0. The molecule has 2 atom stereocenters. The molecule has 0 aliphatic rings. The number of ether oxygens (including phenoxy) is 1. The van der Waals surface area contributed by atoms with E-state index >= 15 is 0 Å². The molecule has 6 heteroatoms. The van der Waals surface area contributed by atoms with Gasteiger partial charge >= 0.3 is 5.97 Å². The van der Waals surface area contributed by atoms with Gasteiger partial charge in [0, 0.05) is 12.8 Å². The summed E-state index contributed by atoms with van der Waals surface area (Å²) < 4.78 is 5.49. The molecule has 0 bridgehead atoms. The van der Waals surface area contributed by atoms with E-state index in [1.54, 1.807) is 0 Å². The van der Waals surface area contributed by atoms with Crippen LogP contribution in [0.15, 0.2) is 12.2 Å². The van der Waals surface area contributed by atoms with Gasteiger partial charge in [-0.1, -0.05) is 270 Å². The lowest BCUT2D eigenvalue weighted by Crippen LogP contribution is -2.45. The van der Waals surface area contributed by atoms with Crippen molar-refractivity contribution in [1.82, 2.24) is 5.32 Å². The smallest absolute Gasteiger partial charge is 0.305 e. The van der Waals surface area contributed by atoms with Gasteiger partial charge in [-0.05, 0) is 51.4 Å². The van der Waals surface area contributed by atoms with Gasteiger partial charge in [-0.25, -0.2) is 0 Å². The Hall–Kier alpha value is -1.40. The number of rotatable bonds is 54. The summed E-state index contributed by atoms with van der Waals surface area (Å²) >= 11 is 0. The quantitative estimate of drug-likeness (QED) is 0.0321. The minimum atomic E-state index is -0.667. The van der Waals surface area contributed by atoms with Crippen molar-refractivity contribution in [2.45, 2.75) is 334 Å². The Morgan fingerprint density at radius 3 is 1.11 bits per heavy atom. The number of aliphatic hydroxyl groups is 2. The predicted octanol–water partition coefficient (Wildman–Crippen LogP) is 17.7. The van der Waals surface area contributed by atoms with Crippen LogP contribution >= 0.6 is 0 Å². The molecule has 0 saturated heterocycles. The molecule has 6 nitrogen and oxygen atoms in total. The number of carbonyl (C=O) groups is 2. The predicted molar refractivity (Wildman–Crippen MR) is 278 cm³/mol. The van der Waals surface area contributed by atoms with E-state index in [4.69, 9.17) is 4.74 Å². The van der Waals surface area contributed by atoms with Gasteiger partial charge in [0.25, 0.3) is 0 Å². The molecule has 0 aromatic rings. The number of nitrogens with one attached hydrogen (secondary N) is 1. The van der Waals surface area contributed by atoms with Crippen LogP contribution in [0.2, 0.25) is 0 Å². The maximum Gasteiger partial charge on any atom is 0.305 e. The lowest BCUT2D eigenvalue weighted by Gasteiger charge is -2.22. The minimum Gasteiger partial charge on any atom is -0.466 e. The zero-order chi connectivity index (χ0) is 46.5. The fraction of sp³-hybridized carbons (Fsp3) is 0.931. The molecule has 0 aromatic heterocycles. The molecule has 64 heavy (non-hydrogen) atoms. The first-order valence-electron chi connectivity index (χ1n) is 28.9. The number of hydrogen-bond acceptors (Lipinski definition) is 5. The summed E-state index contributed by atoms with van der Waals surface area (Å²) in [5.41, 5.74) is 0. The highest BCUT2D eigenvalue weighted by Crippen LogP contribution is 2.17. The number of allylic oxidation sites excluding steroid dienone is 2. The Morgan fingerprint density at radius 1 is 0.422 bits per heavy atom. The monoisotopic (exact) mass is 904 g/mol. The Morgan fingerprint density at radius 2 is 0.734 bits per heavy atom. The topological polar surface area (TPSA) is 95.9 Å². The van der Waals surface area contributed by atoms with Gasteiger partial charge in [-0.3, -0.25) is 9.59 Å². The molecule has 0 saturated carbocycles. The molecule has 1 amide bonds. The van der Waals surface area contributed by atoms with E-state index in [0.29, 0.717) is 25.9 Å². The third kappa shape index (κ3) is 50.0. The molecule has 2 unspecified atom stereocenters. The van der Waals surface area contributed by atoms with Crippen molar-refractivity contribution >= 4 is 11.9 Å². The first-order chi connectivity index (χ1) is 31.5. The summed E-state index contributed by atoms with van der Waals surface area (Å²) in [5.74, 6) is -0.0398. The second-order valence-corrected chi connectivity index (χ2v) is 20.0. The van der Waals surface area contributed by atoms with E-state index in [0.717, 1.165) is 44.9 Å². The highest BCUT2D eigenvalue weighted by Gasteiger charge is 2.20. The van der Waals surface area contributed by atoms with E-state index in [9.17, 15) is 19.8 Å². The zero-order valence-electron chi connectivity index (χ0n) is 43.3. The summed E-state index contributed by atoms with van der Waals surface area (Å²) in [4.78, 5) is 24.5. The van der Waals surface area contributed by atoms with Crippen LogP contribution in [0.25, 0.3) is 0 Å². The molecule has 0 aliphatic carbocycles. The second-order valence-electron chi connectivity index (χ2n) is 20.0. The maximum absolute atomic E-state index is 12.5. The summed E-state index contributed by atoms with van der Waals surface area (Å²) in [6.45, 7) is 4.95. The van der Waals surface area contributed by atoms with Crippen molar-refractivity contribution < 1.29 is 24.5 Å². The van der Waals surface area contributed by atoms with E-state index in [-0.39, 0.29) is 18.5 Å². The van der Waals surface area contributed by atoms with Crippen molar-refractivity contribution in [3.8, 4) is 0 Å². The molecule has 3 N–H and O–H groups in total. The Bertz CT molecular complexity index is 955. The molecule has 0 heterocycles. The van der Waals surface area contributed by atoms with Gasteiger partial charge in [0.15, 0.2) is 0 Å². The number of unbranched alkanes of at least 4 members (excludes halogenated alkanes) is 41. The summed E-state index contributed by atoms with van der Waals surface area (Å²) in [5, 5.41) is 23.2. The summed E-state index contributed by atoms with van der Waals surface area (Å²) in [6, 6.07) is -0.545. The van der Waals surface area contributed by atoms with Gasteiger partial charge < -0.3 is 20.3 Å². The molecule has 380 valence electrons. The van der Waals surface area contributed by atoms with Crippen LogP contribution in [0.5, 0.6) is 0 Å². The minimum absolute atomic E-state index is 0.000838. The standard InChI is InChI=1S/C58H113NO5/c1-3-5-7-9-11-13-15-17-18-19-20-24-28-32-36-40-44-48-52-58(63)64-53-49-45-41-37-33-29-25-22-21-23-27-31-35-39-43-47-51-57(62)59-55(54-60)56(61)50-46-42-38-34-30-26-16-14-12-10-8-6-4-2/h18-19,55-56,60-61H,3-17,20-54H2,1-2H3,(H,59,62)/b19-18-. The van der Waals surface area contributed by atoms with Gasteiger partial charge in [0.05, 0.1) is 25.4 Å². The number of esters is 1. The number of aliphatic hydroxyl groups excluding tert-OH is 2. The Balaban J connectivity index is 3.39. The Kier molecular flexibility index (Phi) is 53.0. The van der Waals surface area contributed by atoms with Crippen LogP contribution in [0.1, 0.15) is 322 Å². The van der Waals surface area contributed by atoms with Crippen LogP contribution in [-0.4, -0.2) is 47.4 Å². The van der Waals surface area contributed by atoms with Gasteiger partial charge in [-0.2, -0.15) is 0 Å². The van der Waals surface area contributed by atoms with Crippen molar-refractivity contribution in [1.29, 1.82) is 0 Å². The average Bonchev–Trinajstić information content (AvgIpc) is 3.29. The summed E-state index contributed by atoms with van der Waals surface area (Å²) in [6.07, 6.45) is 63.4. The first-order valence-corrected chi connectivity index (χ1v) is 28.9. The van der Waals surface area contributed by atoms with Gasteiger partial charge in [-0.15, -0.1) is 0 Å². The highest BCUT2D eigenvalue weighted by molar-refractivity contribution is 5.76. The molecule has 0 aromatic carbocycles. The Labute approximate surface area is 399 Å². The maximum atomic E-state index is 12.5. The van der Waals surface area contributed by atoms with Gasteiger partial charge in [0.2, 0.25) is 5.91 Å². The first kappa shape index (κ1) is 62.6. The van der Waals surface area contributed by atoms with Crippen LogP contribution in [-0.2, 0) is 14.3 Å². The third-order valence-electron chi connectivity index (χ3n) is 13.6. The van der Waals surface area contributed by atoms with Crippen molar-refractivity contribution in [2.24, 2.45) is 0 Å². The molecule has 0 radical (unpaired) electrons. The molecule has 0 rings (SSSR count). The molecule has 0 aliphatic heterocycles. The number of amides is 1.